The molecule has 5 heteroatoms. The highest BCUT2D eigenvalue weighted by Crippen LogP contribution is 2.25. The van der Waals surface area contributed by atoms with Gasteiger partial charge >= 0.3 is 6.69 Å². The summed E-state index contributed by atoms with van der Waals surface area (Å²) in [5, 5.41) is 3.44. The minimum atomic E-state index is -2.77. The van der Waals surface area contributed by atoms with Crippen LogP contribution >= 0.6 is 45.7 Å². The molecule has 0 fully saturated rings. The summed E-state index contributed by atoms with van der Waals surface area (Å²) in [6.07, 6.45) is 0. The zero-order chi connectivity index (χ0) is 18.4. The second-order valence-corrected chi connectivity index (χ2v) is 15.9. The van der Waals surface area contributed by atoms with Crippen LogP contribution in [0.25, 0.3) is 0 Å². The Morgan fingerprint density at radius 2 is 1.08 bits per heavy atom. The third kappa shape index (κ3) is 5.97. The SMILES string of the molecule is CC(C)SCc1ccccc1[Si](Cl)(Cl)c1ccccc1CSC(C)C. The van der Waals surface area contributed by atoms with E-state index in [1.54, 1.807) is 0 Å². The van der Waals surface area contributed by atoms with Gasteiger partial charge in [-0.05, 0) is 32.0 Å². The van der Waals surface area contributed by atoms with E-state index in [2.05, 4.69) is 76.2 Å². The maximum Gasteiger partial charge on any atom is 0.311 e. The smallest absolute Gasteiger partial charge is 0.154 e. The van der Waals surface area contributed by atoms with Gasteiger partial charge in [0.15, 0.2) is 0 Å². The van der Waals surface area contributed by atoms with Gasteiger partial charge in [-0.3, -0.25) is 0 Å². The van der Waals surface area contributed by atoms with Gasteiger partial charge in [0.25, 0.3) is 0 Å². The first-order chi connectivity index (χ1) is 11.8. The highest BCUT2D eigenvalue weighted by molar-refractivity contribution is 7.99. The van der Waals surface area contributed by atoms with E-state index in [1.807, 2.05) is 23.5 Å². The Kier molecular flexibility index (Phi) is 8.28. The predicted octanol–water partition coefficient (Wildman–Crippen LogP) is 6.00. The molecule has 25 heavy (non-hydrogen) atoms. The maximum atomic E-state index is 7.11. The molecule has 0 unspecified atom stereocenters. The van der Waals surface area contributed by atoms with Crippen molar-refractivity contribution in [1.82, 2.24) is 0 Å². The number of rotatable bonds is 8. The molecule has 0 aliphatic rings. The summed E-state index contributed by atoms with van der Waals surface area (Å²) in [5.74, 6) is 1.90. The van der Waals surface area contributed by atoms with Gasteiger partial charge in [-0.15, -0.1) is 22.2 Å². The summed E-state index contributed by atoms with van der Waals surface area (Å²) >= 11 is 18.1. The molecule has 2 rings (SSSR count). The first-order valence-corrected chi connectivity index (χ1v) is 14.7. The number of hydrogen-bond donors (Lipinski definition) is 0. The maximum absolute atomic E-state index is 7.11. The average molecular weight is 430 g/mol. The molecular weight excluding hydrogens is 403 g/mol. The van der Waals surface area contributed by atoms with E-state index < -0.39 is 6.69 Å². The Morgan fingerprint density at radius 1 is 0.720 bits per heavy atom. The number of benzene rings is 2. The molecule has 0 nitrogen and oxygen atoms in total. The van der Waals surface area contributed by atoms with Crippen LogP contribution in [0.5, 0.6) is 0 Å². The molecule has 0 atom stereocenters. The number of halogens is 2. The lowest BCUT2D eigenvalue weighted by Gasteiger charge is -2.24. The third-order valence-electron chi connectivity index (χ3n) is 3.86. The third-order valence-corrected chi connectivity index (χ3v) is 10.9. The summed E-state index contributed by atoms with van der Waals surface area (Å²) in [5.41, 5.74) is 2.54. The van der Waals surface area contributed by atoms with Crippen LogP contribution < -0.4 is 10.4 Å². The summed E-state index contributed by atoms with van der Waals surface area (Å²) in [4.78, 5) is 0. The molecule has 0 radical (unpaired) electrons. The Morgan fingerprint density at radius 3 is 1.44 bits per heavy atom. The van der Waals surface area contributed by atoms with Crippen molar-refractivity contribution >= 4 is 62.7 Å². The second kappa shape index (κ2) is 9.75. The van der Waals surface area contributed by atoms with Crippen LogP contribution in [0, 0.1) is 0 Å². The Hall–Kier alpha value is -0.0631. The first-order valence-electron chi connectivity index (χ1n) is 8.60. The molecule has 0 N–H and O–H groups in total. The van der Waals surface area contributed by atoms with Crippen molar-refractivity contribution in [3.63, 3.8) is 0 Å². The first kappa shape index (κ1) is 21.2. The van der Waals surface area contributed by atoms with E-state index >= 15 is 0 Å². The van der Waals surface area contributed by atoms with Gasteiger partial charge in [0, 0.05) is 11.5 Å². The molecule has 2 aromatic carbocycles. The van der Waals surface area contributed by atoms with Crippen molar-refractivity contribution in [3.8, 4) is 0 Å². The summed E-state index contributed by atoms with van der Waals surface area (Å²) in [6, 6.07) is 16.8. The van der Waals surface area contributed by atoms with E-state index in [-0.39, 0.29) is 0 Å². The Labute approximate surface area is 171 Å². The van der Waals surface area contributed by atoms with Gasteiger partial charge < -0.3 is 0 Å². The molecular formula is C20H26Cl2S2Si. The Bertz CT molecular complexity index is 629. The van der Waals surface area contributed by atoms with Crippen LogP contribution in [0.15, 0.2) is 48.5 Å². The van der Waals surface area contributed by atoms with Gasteiger partial charge in [0.1, 0.15) is 0 Å². The molecule has 0 bridgehead atoms. The van der Waals surface area contributed by atoms with Crippen molar-refractivity contribution in [2.45, 2.75) is 49.7 Å². The molecule has 0 spiro atoms. The van der Waals surface area contributed by atoms with Crippen LogP contribution in [0.2, 0.25) is 0 Å². The lowest BCUT2D eigenvalue weighted by Crippen LogP contribution is -2.51. The van der Waals surface area contributed by atoms with Crippen LogP contribution in [0.1, 0.15) is 38.8 Å². The molecule has 136 valence electrons. The highest BCUT2D eigenvalue weighted by atomic mass is 35.7. The van der Waals surface area contributed by atoms with E-state index in [1.165, 1.54) is 11.1 Å². The van der Waals surface area contributed by atoms with E-state index in [4.69, 9.17) is 22.2 Å². The molecule has 0 aliphatic carbocycles. The van der Waals surface area contributed by atoms with Crippen molar-refractivity contribution < 1.29 is 0 Å². The van der Waals surface area contributed by atoms with Crippen LogP contribution in [-0.2, 0) is 11.5 Å². The second-order valence-electron chi connectivity index (χ2n) is 6.61. The van der Waals surface area contributed by atoms with Crippen molar-refractivity contribution in [2.24, 2.45) is 0 Å². The van der Waals surface area contributed by atoms with Gasteiger partial charge in [-0.2, -0.15) is 23.5 Å². The van der Waals surface area contributed by atoms with Crippen molar-refractivity contribution in [1.29, 1.82) is 0 Å². The fourth-order valence-electron chi connectivity index (χ4n) is 2.56. The topological polar surface area (TPSA) is 0 Å². The minimum absolute atomic E-state index is 0.588. The van der Waals surface area contributed by atoms with Crippen molar-refractivity contribution in [3.05, 3.63) is 59.7 Å². The summed E-state index contributed by atoms with van der Waals surface area (Å²) < 4.78 is 0. The van der Waals surface area contributed by atoms with Gasteiger partial charge in [0.05, 0.1) is 0 Å². The zero-order valence-corrected chi connectivity index (χ0v) is 19.4. The fraction of sp³-hybridized carbons (Fsp3) is 0.400. The van der Waals surface area contributed by atoms with E-state index in [9.17, 15) is 0 Å². The molecule has 0 aliphatic heterocycles. The molecule has 2 aromatic rings. The average Bonchev–Trinajstić information content (AvgIpc) is 2.58. The molecule has 0 saturated heterocycles. The van der Waals surface area contributed by atoms with Crippen LogP contribution in [-0.4, -0.2) is 17.2 Å². The highest BCUT2D eigenvalue weighted by Gasteiger charge is 2.37. The zero-order valence-electron chi connectivity index (χ0n) is 15.3. The Balaban J connectivity index is 2.39. The normalized spacial score (nSPS) is 12.2. The largest absolute Gasteiger partial charge is 0.311 e. The molecule has 0 amide bonds. The van der Waals surface area contributed by atoms with E-state index in [0.717, 1.165) is 21.9 Å². The van der Waals surface area contributed by atoms with Gasteiger partial charge in [-0.1, -0.05) is 76.2 Å². The predicted molar refractivity (Wildman–Crippen MR) is 122 cm³/mol. The fourth-order valence-corrected chi connectivity index (χ4v) is 8.61. The van der Waals surface area contributed by atoms with Crippen LogP contribution in [0.3, 0.4) is 0 Å². The quantitative estimate of drug-likeness (QED) is 0.373. The molecule has 0 saturated carbocycles. The molecule has 0 aromatic heterocycles. The lowest BCUT2D eigenvalue weighted by molar-refractivity contribution is 1.11. The number of thioether (sulfide) groups is 2. The minimum Gasteiger partial charge on any atom is -0.154 e. The summed E-state index contributed by atoms with van der Waals surface area (Å²) in [6.45, 7) is 6.11. The van der Waals surface area contributed by atoms with Crippen LogP contribution in [0.4, 0.5) is 0 Å². The standard InChI is InChI=1S/C20H26Cl2S2Si/c1-15(2)23-13-17-9-5-7-11-19(17)25(21,22)20-12-8-6-10-18(20)14-24-16(3)4/h5-12,15-16H,13-14H2,1-4H3. The summed E-state index contributed by atoms with van der Waals surface area (Å²) in [7, 11) is 0. The van der Waals surface area contributed by atoms with Crippen molar-refractivity contribution in [2.75, 3.05) is 0 Å². The molecule has 0 heterocycles. The monoisotopic (exact) mass is 428 g/mol. The van der Waals surface area contributed by atoms with Gasteiger partial charge in [0.2, 0.25) is 0 Å². The van der Waals surface area contributed by atoms with Gasteiger partial charge in [-0.25, -0.2) is 0 Å². The lowest BCUT2D eigenvalue weighted by atomic mass is 10.2. The number of hydrogen-bond acceptors (Lipinski definition) is 2. The van der Waals surface area contributed by atoms with E-state index in [0.29, 0.717) is 10.5 Å².